The minimum atomic E-state index is -0.340. The van der Waals surface area contributed by atoms with Crippen molar-refractivity contribution in [2.24, 2.45) is 0 Å². The summed E-state index contributed by atoms with van der Waals surface area (Å²) in [5.41, 5.74) is 3.03. The third-order valence-corrected chi connectivity index (χ3v) is 5.36. The van der Waals surface area contributed by atoms with Crippen molar-refractivity contribution in [3.63, 3.8) is 0 Å². The Kier molecular flexibility index (Phi) is 7.80. The number of thiocarbonyl (C=S) groups is 1. The highest BCUT2D eigenvalue weighted by Gasteiger charge is 2.17. The Bertz CT molecular complexity index is 1320. The predicted molar refractivity (Wildman–Crippen MR) is 141 cm³/mol. The summed E-state index contributed by atoms with van der Waals surface area (Å²) in [4.78, 5) is 12.8. The Morgan fingerprint density at radius 3 is 2.43 bits per heavy atom. The Morgan fingerprint density at radius 2 is 1.66 bits per heavy atom. The van der Waals surface area contributed by atoms with E-state index in [1.165, 1.54) is 0 Å². The lowest BCUT2D eigenvalue weighted by atomic mass is 10.1. The Hall–Kier alpha value is -4.10. The SMILES string of the molecule is CCOc1cccc(COc2cccc(NC(=S)NC(=O)c3cc(-c4ccccc4)oc3C)c2)c1. The average Bonchev–Trinajstić information content (AvgIpc) is 3.26. The first-order valence-corrected chi connectivity index (χ1v) is 11.7. The fourth-order valence-electron chi connectivity index (χ4n) is 3.51. The van der Waals surface area contributed by atoms with E-state index in [2.05, 4.69) is 10.6 Å². The molecule has 2 N–H and O–H groups in total. The minimum absolute atomic E-state index is 0.179. The highest BCUT2D eigenvalue weighted by Crippen LogP contribution is 2.25. The number of furan rings is 1. The van der Waals surface area contributed by atoms with Crippen molar-refractivity contribution in [2.75, 3.05) is 11.9 Å². The van der Waals surface area contributed by atoms with Crippen LogP contribution in [0.3, 0.4) is 0 Å². The Morgan fingerprint density at radius 1 is 0.914 bits per heavy atom. The zero-order valence-electron chi connectivity index (χ0n) is 19.5. The Labute approximate surface area is 209 Å². The molecule has 6 nitrogen and oxygen atoms in total. The molecule has 4 rings (SSSR count). The zero-order valence-corrected chi connectivity index (χ0v) is 20.4. The summed E-state index contributed by atoms with van der Waals surface area (Å²) >= 11 is 5.35. The number of anilines is 1. The van der Waals surface area contributed by atoms with Crippen molar-refractivity contribution in [2.45, 2.75) is 20.5 Å². The molecule has 1 aromatic heterocycles. The van der Waals surface area contributed by atoms with E-state index in [9.17, 15) is 4.79 Å². The summed E-state index contributed by atoms with van der Waals surface area (Å²) in [6.07, 6.45) is 0. The molecule has 0 saturated heterocycles. The second kappa shape index (κ2) is 11.4. The summed E-state index contributed by atoms with van der Waals surface area (Å²) in [5, 5.41) is 5.93. The molecular weight excluding hydrogens is 460 g/mol. The van der Waals surface area contributed by atoms with E-state index in [0.717, 1.165) is 16.9 Å². The van der Waals surface area contributed by atoms with E-state index in [-0.39, 0.29) is 11.0 Å². The summed E-state index contributed by atoms with van der Waals surface area (Å²) in [6.45, 7) is 4.72. The molecule has 0 saturated carbocycles. The highest BCUT2D eigenvalue weighted by molar-refractivity contribution is 7.80. The van der Waals surface area contributed by atoms with Gasteiger partial charge in [0.15, 0.2) is 5.11 Å². The van der Waals surface area contributed by atoms with Gasteiger partial charge < -0.3 is 19.2 Å². The van der Waals surface area contributed by atoms with Crippen molar-refractivity contribution >= 4 is 28.9 Å². The molecule has 0 spiro atoms. The number of hydrogen-bond donors (Lipinski definition) is 2. The van der Waals surface area contributed by atoms with Crippen LogP contribution in [0.2, 0.25) is 0 Å². The van der Waals surface area contributed by atoms with Crippen molar-refractivity contribution < 1.29 is 18.7 Å². The fourth-order valence-corrected chi connectivity index (χ4v) is 3.72. The number of carbonyl (C=O) groups is 1. The van der Waals surface area contributed by atoms with Crippen LogP contribution in [-0.4, -0.2) is 17.6 Å². The molecule has 4 aromatic rings. The molecule has 3 aromatic carbocycles. The van der Waals surface area contributed by atoms with Gasteiger partial charge >= 0.3 is 0 Å². The van der Waals surface area contributed by atoms with Crippen LogP contribution in [0.4, 0.5) is 5.69 Å². The van der Waals surface area contributed by atoms with Gasteiger partial charge in [-0.15, -0.1) is 0 Å². The third-order valence-electron chi connectivity index (χ3n) is 5.15. The van der Waals surface area contributed by atoms with Crippen LogP contribution in [0.15, 0.2) is 89.3 Å². The van der Waals surface area contributed by atoms with Crippen LogP contribution in [0.1, 0.15) is 28.6 Å². The molecule has 1 heterocycles. The molecule has 0 fully saturated rings. The number of ether oxygens (including phenoxy) is 2. The molecule has 0 radical (unpaired) electrons. The number of nitrogens with one attached hydrogen (secondary N) is 2. The predicted octanol–water partition coefficient (Wildman–Crippen LogP) is 6.36. The first-order chi connectivity index (χ1) is 17.0. The fraction of sp³-hybridized carbons (Fsp3) is 0.143. The van der Waals surface area contributed by atoms with Gasteiger partial charge in [0.05, 0.1) is 12.2 Å². The Balaban J connectivity index is 1.35. The summed E-state index contributed by atoms with van der Waals surface area (Å²) in [7, 11) is 0. The van der Waals surface area contributed by atoms with Gasteiger partial charge in [0.2, 0.25) is 0 Å². The molecule has 0 aliphatic heterocycles. The third kappa shape index (κ3) is 6.49. The quantitative estimate of drug-likeness (QED) is 0.282. The largest absolute Gasteiger partial charge is 0.494 e. The van der Waals surface area contributed by atoms with E-state index in [4.69, 9.17) is 26.1 Å². The first kappa shape index (κ1) is 24.0. The van der Waals surface area contributed by atoms with E-state index >= 15 is 0 Å². The van der Waals surface area contributed by atoms with Crippen LogP contribution < -0.4 is 20.1 Å². The zero-order chi connectivity index (χ0) is 24.6. The van der Waals surface area contributed by atoms with Crippen molar-refractivity contribution in [1.29, 1.82) is 0 Å². The molecule has 1 amide bonds. The topological polar surface area (TPSA) is 72.7 Å². The second-order valence-corrected chi connectivity index (χ2v) is 8.16. The number of benzene rings is 3. The van der Waals surface area contributed by atoms with Crippen LogP contribution in [-0.2, 0) is 6.61 Å². The lowest BCUT2D eigenvalue weighted by Gasteiger charge is -2.12. The van der Waals surface area contributed by atoms with Gasteiger partial charge in [-0.05, 0) is 62.0 Å². The van der Waals surface area contributed by atoms with Crippen LogP contribution in [0.25, 0.3) is 11.3 Å². The van der Waals surface area contributed by atoms with Gasteiger partial charge in [-0.25, -0.2) is 0 Å². The van der Waals surface area contributed by atoms with Gasteiger partial charge in [0.25, 0.3) is 5.91 Å². The van der Waals surface area contributed by atoms with Crippen LogP contribution in [0.5, 0.6) is 11.5 Å². The number of aryl methyl sites for hydroxylation is 1. The van der Waals surface area contributed by atoms with Crippen LogP contribution >= 0.6 is 12.2 Å². The lowest BCUT2D eigenvalue weighted by molar-refractivity contribution is 0.0976. The summed E-state index contributed by atoms with van der Waals surface area (Å²) < 4.78 is 17.2. The van der Waals surface area contributed by atoms with Gasteiger partial charge in [-0.2, -0.15) is 0 Å². The number of hydrogen-bond acceptors (Lipinski definition) is 5. The highest BCUT2D eigenvalue weighted by atomic mass is 32.1. The van der Waals surface area contributed by atoms with Crippen molar-refractivity contribution in [3.05, 3.63) is 102 Å². The molecule has 0 bridgehead atoms. The molecule has 0 atom stereocenters. The monoisotopic (exact) mass is 486 g/mol. The number of amides is 1. The van der Waals surface area contributed by atoms with Gasteiger partial charge in [0, 0.05) is 17.3 Å². The normalized spacial score (nSPS) is 10.5. The van der Waals surface area contributed by atoms with E-state index in [1.807, 2.05) is 85.8 Å². The first-order valence-electron chi connectivity index (χ1n) is 11.2. The summed E-state index contributed by atoms with van der Waals surface area (Å²) in [5.74, 6) is 2.29. The number of carbonyl (C=O) groups excluding carboxylic acids is 1. The summed E-state index contributed by atoms with van der Waals surface area (Å²) in [6, 6.07) is 26.5. The molecular formula is C28H26N2O4S. The molecule has 0 aliphatic carbocycles. The maximum Gasteiger partial charge on any atom is 0.260 e. The van der Waals surface area contributed by atoms with E-state index in [1.54, 1.807) is 13.0 Å². The maximum absolute atomic E-state index is 12.8. The van der Waals surface area contributed by atoms with E-state index < -0.39 is 0 Å². The molecule has 0 unspecified atom stereocenters. The van der Waals surface area contributed by atoms with Crippen molar-refractivity contribution in [1.82, 2.24) is 5.32 Å². The van der Waals surface area contributed by atoms with Crippen LogP contribution in [0, 0.1) is 6.92 Å². The molecule has 7 heteroatoms. The maximum atomic E-state index is 12.8. The minimum Gasteiger partial charge on any atom is -0.494 e. The smallest absolute Gasteiger partial charge is 0.260 e. The molecule has 178 valence electrons. The van der Waals surface area contributed by atoms with E-state index in [0.29, 0.717) is 41.7 Å². The van der Waals surface area contributed by atoms with Crippen molar-refractivity contribution in [3.8, 4) is 22.8 Å². The van der Waals surface area contributed by atoms with Gasteiger partial charge in [0.1, 0.15) is 29.6 Å². The lowest BCUT2D eigenvalue weighted by Crippen LogP contribution is -2.34. The molecule has 35 heavy (non-hydrogen) atoms. The molecule has 0 aliphatic rings. The van der Waals surface area contributed by atoms with Gasteiger partial charge in [-0.1, -0.05) is 48.5 Å². The standard InChI is InChI=1S/C28H26N2O4S/c1-3-32-23-13-7-9-20(15-23)18-33-24-14-8-12-22(16-24)29-28(35)30-27(31)25-17-26(34-19(25)2)21-10-5-4-6-11-21/h4-17H,3,18H2,1-2H3,(H2,29,30,31,35). The average molecular weight is 487 g/mol. The number of rotatable bonds is 8. The van der Waals surface area contributed by atoms with Gasteiger partial charge in [-0.3, -0.25) is 10.1 Å². The second-order valence-electron chi connectivity index (χ2n) is 7.75.